The lowest BCUT2D eigenvalue weighted by Crippen LogP contribution is -2.40. The highest BCUT2D eigenvalue weighted by Gasteiger charge is 2.27. The van der Waals surface area contributed by atoms with Crippen LogP contribution in [0.3, 0.4) is 0 Å². The molecule has 1 aromatic carbocycles. The topological polar surface area (TPSA) is 135 Å². The molecule has 1 amide bonds. The van der Waals surface area contributed by atoms with Crippen molar-refractivity contribution in [2.75, 3.05) is 38.7 Å². The number of benzene rings is 1. The van der Waals surface area contributed by atoms with E-state index in [9.17, 15) is 22.8 Å². The van der Waals surface area contributed by atoms with Gasteiger partial charge in [-0.15, -0.1) is 11.3 Å². The van der Waals surface area contributed by atoms with E-state index >= 15 is 0 Å². The fraction of sp³-hybridized carbons (Fsp3) is 0.250. The number of H-pyrrole nitrogens is 1. The van der Waals surface area contributed by atoms with Crippen LogP contribution in [0.15, 0.2) is 45.4 Å². The number of carbonyl (C=O) groups is 2. The molecule has 3 heterocycles. The third-order valence-corrected chi connectivity index (χ3v) is 7.74. The average molecular weight is 478 g/mol. The molecule has 0 bridgehead atoms. The number of esters is 1. The Kier molecular flexibility index (Phi) is 6.11. The molecular formula is C20H19N3O7S2. The van der Waals surface area contributed by atoms with E-state index in [1.165, 1.54) is 29.6 Å². The van der Waals surface area contributed by atoms with Crippen molar-refractivity contribution in [1.29, 1.82) is 0 Å². The van der Waals surface area contributed by atoms with Crippen LogP contribution in [0.5, 0.6) is 0 Å². The van der Waals surface area contributed by atoms with Gasteiger partial charge in [0.15, 0.2) is 0 Å². The highest BCUT2D eigenvalue weighted by Crippen LogP contribution is 2.26. The number of hydrogen-bond acceptors (Lipinski definition) is 8. The molecule has 0 aliphatic carbocycles. The summed E-state index contributed by atoms with van der Waals surface area (Å²) in [5.41, 5.74) is -0.00537. The minimum Gasteiger partial charge on any atom is -0.465 e. The van der Waals surface area contributed by atoms with E-state index in [-0.39, 0.29) is 39.5 Å². The van der Waals surface area contributed by atoms with E-state index in [0.29, 0.717) is 18.7 Å². The second-order valence-electron chi connectivity index (χ2n) is 6.88. The molecule has 1 saturated heterocycles. The number of anilines is 1. The third-order valence-electron chi connectivity index (χ3n) is 4.95. The number of aromatic amines is 1. The number of methoxy groups -OCH3 is 1. The van der Waals surface area contributed by atoms with Crippen LogP contribution < -0.4 is 10.9 Å². The maximum Gasteiger partial charge on any atom is 0.350 e. The molecule has 10 nitrogen and oxygen atoms in total. The standard InChI is InChI=1S/C20H19N3O7S2/c1-29-20(26)18-16(4-9-31-18)22-19(25)14-11-17(24)21-15-3-2-12(10-13(14)15)32(27,28)23-5-7-30-8-6-23/h2-4,9-11H,5-8H2,1H3,(H,21,24)(H,22,25). The number of ether oxygens (including phenoxy) is 2. The largest absolute Gasteiger partial charge is 0.465 e. The Balaban J connectivity index is 1.75. The number of morpholine rings is 1. The van der Waals surface area contributed by atoms with Crippen molar-refractivity contribution in [3.8, 4) is 0 Å². The van der Waals surface area contributed by atoms with Gasteiger partial charge in [-0.05, 0) is 29.6 Å². The summed E-state index contributed by atoms with van der Waals surface area (Å²) in [6, 6.07) is 6.83. The molecule has 0 unspecified atom stereocenters. The fourth-order valence-corrected chi connectivity index (χ4v) is 5.57. The minimum atomic E-state index is -3.81. The molecule has 1 fully saturated rings. The molecule has 32 heavy (non-hydrogen) atoms. The summed E-state index contributed by atoms with van der Waals surface area (Å²) in [4.78, 5) is 39.8. The Bertz CT molecular complexity index is 1360. The van der Waals surface area contributed by atoms with Crippen molar-refractivity contribution in [1.82, 2.24) is 9.29 Å². The number of nitrogens with one attached hydrogen (secondary N) is 2. The lowest BCUT2D eigenvalue weighted by molar-refractivity contribution is 0.0607. The highest BCUT2D eigenvalue weighted by molar-refractivity contribution is 7.89. The number of hydrogen-bond donors (Lipinski definition) is 2. The van der Waals surface area contributed by atoms with Crippen LogP contribution in [0.25, 0.3) is 10.9 Å². The Morgan fingerprint density at radius 2 is 1.94 bits per heavy atom. The summed E-state index contributed by atoms with van der Waals surface area (Å²) >= 11 is 1.10. The maximum atomic E-state index is 13.0. The van der Waals surface area contributed by atoms with Crippen molar-refractivity contribution >= 4 is 49.8 Å². The van der Waals surface area contributed by atoms with Gasteiger partial charge in [0.05, 0.1) is 36.5 Å². The normalized spacial score (nSPS) is 14.9. The lowest BCUT2D eigenvalue weighted by Gasteiger charge is -2.26. The van der Waals surface area contributed by atoms with E-state index in [2.05, 4.69) is 10.3 Å². The number of fused-ring (bicyclic) bond motifs is 1. The number of thiophene rings is 1. The number of nitrogens with zero attached hydrogens (tertiary/aromatic N) is 1. The van der Waals surface area contributed by atoms with Crippen molar-refractivity contribution in [3.05, 3.63) is 56.5 Å². The number of amides is 1. The van der Waals surface area contributed by atoms with Gasteiger partial charge in [-0.2, -0.15) is 4.31 Å². The molecule has 0 saturated carbocycles. The van der Waals surface area contributed by atoms with E-state index in [4.69, 9.17) is 9.47 Å². The SMILES string of the molecule is COC(=O)c1sccc1NC(=O)c1cc(=O)[nH]c2ccc(S(=O)(=O)N3CCOCC3)cc12. The van der Waals surface area contributed by atoms with Gasteiger partial charge in [-0.1, -0.05) is 0 Å². The van der Waals surface area contributed by atoms with Crippen molar-refractivity contribution in [2.45, 2.75) is 4.90 Å². The summed E-state index contributed by atoms with van der Waals surface area (Å²) in [6.45, 7) is 1.06. The quantitative estimate of drug-likeness (QED) is 0.534. The molecule has 1 aliphatic heterocycles. The molecule has 0 radical (unpaired) electrons. The molecule has 168 valence electrons. The predicted molar refractivity (Wildman–Crippen MR) is 118 cm³/mol. The van der Waals surface area contributed by atoms with E-state index in [1.807, 2.05) is 0 Å². The van der Waals surface area contributed by atoms with E-state index in [0.717, 1.165) is 17.4 Å². The van der Waals surface area contributed by atoms with Gasteiger partial charge in [-0.3, -0.25) is 9.59 Å². The summed E-state index contributed by atoms with van der Waals surface area (Å²) in [5.74, 6) is -1.27. The van der Waals surface area contributed by atoms with Gasteiger partial charge in [0.25, 0.3) is 5.91 Å². The number of rotatable bonds is 5. The molecule has 0 spiro atoms. The molecule has 2 aromatic heterocycles. The van der Waals surface area contributed by atoms with Crippen molar-refractivity contribution < 1.29 is 27.5 Å². The Labute approximate surface area is 186 Å². The first-order chi connectivity index (χ1) is 15.3. The molecule has 4 rings (SSSR count). The van der Waals surface area contributed by atoms with Crippen LogP contribution in [0.2, 0.25) is 0 Å². The first-order valence-electron chi connectivity index (χ1n) is 9.53. The van der Waals surface area contributed by atoms with E-state index < -0.39 is 27.5 Å². The highest BCUT2D eigenvalue weighted by atomic mass is 32.2. The van der Waals surface area contributed by atoms with Gasteiger partial charge < -0.3 is 19.8 Å². The van der Waals surface area contributed by atoms with Gasteiger partial charge in [0, 0.05) is 30.1 Å². The van der Waals surface area contributed by atoms with Gasteiger partial charge in [0.1, 0.15) is 4.88 Å². The summed E-state index contributed by atoms with van der Waals surface area (Å²) < 4.78 is 37.3. The molecule has 12 heteroatoms. The molecule has 2 N–H and O–H groups in total. The second-order valence-corrected chi connectivity index (χ2v) is 9.73. The fourth-order valence-electron chi connectivity index (χ4n) is 3.37. The molecule has 3 aromatic rings. The summed E-state index contributed by atoms with van der Waals surface area (Å²) in [5, 5.41) is 4.48. The minimum absolute atomic E-state index is 0.00113. The van der Waals surface area contributed by atoms with Crippen LogP contribution in [0.1, 0.15) is 20.0 Å². The number of carbonyl (C=O) groups excluding carboxylic acids is 2. The maximum absolute atomic E-state index is 13.0. The van der Waals surface area contributed by atoms with Crippen molar-refractivity contribution in [2.24, 2.45) is 0 Å². The Morgan fingerprint density at radius 1 is 1.19 bits per heavy atom. The van der Waals surface area contributed by atoms with Crippen LogP contribution in [-0.4, -0.2) is 63.0 Å². The van der Waals surface area contributed by atoms with E-state index in [1.54, 1.807) is 11.4 Å². The number of sulfonamides is 1. The van der Waals surface area contributed by atoms with Crippen LogP contribution in [0, 0.1) is 0 Å². The van der Waals surface area contributed by atoms with Crippen LogP contribution in [-0.2, 0) is 19.5 Å². The summed E-state index contributed by atoms with van der Waals surface area (Å²) in [7, 11) is -2.58. The second kappa shape index (κ2) is 8.82. The zero-order valence-corrected chi connectivity index (χ0v) is 18.5. The van der Waals surface area contributed by atoms with Crippen LogP contribution >= 0.6 is 11.3 Å². The smallest absolute Gasteiger partial charge is 0.350 e. The Hall–Kier alpha value is -3.06. The first kappa shape index (κ1) is 22.1. The van der Waals surface area contributed by atoms with Crippen LogP contribution in [0.4, 0.5) is 5.69 Å². The number of pyridine rings is 1. The monoisotopic (exact) mass is 477 g/mol. The molecule has 0 atom stereocenters. The number of aromatic nitrogens is 1. The average Bonchev–Trinajstić information content (AvgIpc) is 3.26. The van der Waals surface area contributed by atoms with Gasteiger partial charge in [-0.25, -0.2) is 13.2 Å². The molecule has 1 aliphatic rings. The van der Waals surface area contributed by atoms with Gasteiger partial charge in [0.2, 0.25) is 15.6 Å². The summed E-state index contributed by atoms with van der Waals surface area (Å²) in [6.07, 6.45) is 0. The molecular weight excluding hydrogens is 458 g/mol. The predicted octanol–water partition coefficient (Wildman–Crippen LogP) is 1.65. The Morgan fingerprint density at radius 3 is 2.66 bits per heavy atom. The van der Waals surface area contributed by atoms with Crippen molar-refractivity contribution in [3.63, 3.8) is 0 Å². The lowest BCUT2D eigenvalue weighted by atomic mass is 10.1. The zero-order chi connectivity index (χ0) is 22.9. The third kappa shape index (κ3) is 4.17. The van der Waals surface area contributed by atoms with Gasteiger partial charge >= 0.3 is 5.97 Å². The zero-order valence-electron chi connectivity index (χ0n) is 16.9. The first-order valence-corrected chi connectivity index (χ1v) is 11.9.